The quantitative estimate of drug-likeness (QED) is 0.734. The van der Waals surface area contributed by atoms with Crippen LogP contribution < -0.4 is 11.1 Å². The van der Waals surface area contributed by atoms with Gasteiger partial charge in [-0.15, -0.1) is 0 Å². The monoisotopic (exact) mass is 288 g/mol. The van der Waals surface area contributed by atoms with Crippen LogP contribution in [0.5, 0.6) is 0 Å². The third-order valence-corrected chi connectivity index (χ3v) is 3.18. The molecule has 0 unspecified atom stereocenters. The lowest BCUT2D eigenvalue weighted by Gasteiger charge is -2.17. The summed E-state index contributed by atoms with van der Waals surface area (Å²) < 4.78 is 13.4. The van der Waals surface area contributed by atoms with Gasteiger partial charge in [0.05, 0.1) is 23.9 Å². The van der Waals surface area contributed by atoms with Crippen LogP contribution in [-0.2, 0) is 6.42 Å². The first kappa shape index (κ1) is 15.0. The molecular formula is C16H17FN2O2. The number of benzene rings is 2. The molecule has 2 aromatic rings. The second-order valence-corrected chi connectivity index (χ2v) is 4.74. The molecule has 0 bridgehead atoms. The zero-order valence-electron chi connectivity index (χ0n) is 11.4. The van der Waals surface area contributed by atoms with Crippen LogP contribution in [0.15, 0.2) is 48.5 Å². The fraction of sp³-hybridized carbons (Fsp3) is 0.188. The van der Waals surface area contributed by atoms with Crippen LogP contribution in [0, 0.1) is 5.82 Å². The number of para-hydroxylation sites is 1. The summed E-state index contributed by atoms with van der Waals surface area (Å²) in [6.45, 7) is -0.212. The highest BCUT2D eigenvalue weighted by atomic mass is 19.1. The second-order valence-electron chi connectivity index (χ2n) is 4.74. The van der Waals surface area contributed by atoms with Crippen molar-refractivity contribution < 1.29 is 14.3 Å². The molecule has 4 N–H and O–H groups in total. The molecular weight excluding hydrogens is 271 g/mol. The Morgan fingerprint density at radius 1 is 1.19 bits per heavy atom. The molecule has 0 spiro atoms. The number of hydrogen-bond donors (Lipinski definition) is 3. The topological polar surface area (TPSA) is 75.4 Å². The Morgan fingerprint density at radius 2 is 1.90 bits per heavy atom. The summed E-state index contributed by atoms with van der Waals surface area (Å²) in [7, 11) is 0. The summed E-state index contributed by atoms with van der Waals surface area (Å²) in [5.41, 5.74) is 6.43. The molecule has 2 rings (SSSR count). The van der Waals surface area contributed by atoms with E-state index in [0.717, 1.165) is 5.56 Å². The predicted molar refractivity (Wildman–Crippen MR) is 79.3 cm³/mol. The number of amides is 1. The normalized spacial score (nSPS) is 11.9. The number of nitrogens with two attached hydrogens (primary N) is 1. The van der Waals surface area contributed by atoms with Gasteiger partial charge in [-0.05, 0) is 24.1 Å². The van der Waals surface area contributed by atoms with E-state index in [-0.39, 0.29) is 17.9 Å². The zero-order valence-corrected chi connectivity index (χ0v) is 11.4. The van der Waals surface area contributed by atoms with Crippen molar-refractivity contribution in [2.24, 2.45) is 0 Å². The third kappa shape index (κ3) is 3.79. The molecule has 0 aliphatic heterocycles. The van der Waals surface area contributed by atoms with Crippen LogP contribution in [0.4, 0.5) is 10.1 Å². The van der Waals surface area contributed by atoms with Gasteiger partial charge in [-0.25, -0.2) is 4.39 Å². The van der Waals surface area contributed by atoms with Crippen LogP contribution in [0.3, 0.4) is 0 Å². The number of nitrogens with one attached hydrogen (secondary N) is 1. The van der Waals surface area contributed by atoms with Crippen molar-refractivity contribution in [1.29, 1.82) is 0 Å². The summed E-state index contributed by atoms with van der Waals surface area (Å²) in [4.78, 5) is 12.1. The number of carbonyl (C=O) groups is 1. The maximum Gasteiger partial charge on any atom is 0.253 e. The van der Waals surface area contributed by atoms with E-state index >= 15 is 0 Å². The first-order valence-corrected chi connectivity index (χ1v) is 6.61. The van der Waals surface area contributed by atoms with Gasteiger partial charge in [-0.1, -0.05) is 36.4 Å². The van der Waals surface area contributed by atoms with Gasteiger partial charge in [0.1, 0.15) is 5.82 Å². The van der Waals surface area contributed by atoms with Crippen LogP contribution >= 0.6 is 0 Å². The lowest BCUT2D eigenvalue weighted by atomic mass is 10.1. The number of aliphatic hydroxyl groups excluding tert-OH is 1. The Morgan fingerprint density at radius 3 is 2.57 bits per heavy atom. The maximum absolute atomic E-state index is 13.4. The molecule has 0 aromatic heterocycles. The van der Waals surface area contributed by atoms with Crippen molar-refractivity contribution in [1.82, 2.24) is 5.32 Å². The van der Waals surface area contributed by atoms with Gasteiger partial charge >= 0.3 is 0 Å². The molecule has 0 heterocycles. The number of anilines is 1. The Balaban J connectivity index is 2.08. The average molecular weight is 288 g/mol. The molecule has 0 radical (unpaired) electrons. The molecule has 0 aliphatic carbocycles. The fourth-order valence-electron chi connectivity index (χ4n) is 2.06. The van der Waals surface area contributed by atoms with Gasteiger partial charge in [0, 0.05) is 0 Å². The largest absolute Gasteiger partial charge is 0.396 e. The zero-order chi connectivity index (χ0) is 15.2. The van der Waals surface area contributed by atoms with Gasteiger partial charge in [0.2, 0.25) is 0 Å². The van der Waals surface area contributed by atoms with E-state index in [0.29, 0.717) is 6.42 Å². The van der Waals surface area contributed by atoms with Crippen LogP contribution in [-0.4, -0.2) is 23.7 Å². The summed E-state index contributed by atoms with van der Waals surface area (Å²) in [6.07, 6.45) is 0.484. The lowest BCUT2D eigenvalue weighted by molar-refractivity contribution is 0.0917. The van der Waals surface area contributed by atoms with Gasteiger partial charge in [-0.3, -0.25) is 4.79 Å². The minimum Gasteiger partial charge on any atom is -0.396 e. The fourth-order valence-corrected chi connectivity index (χ4v) is 2.06. The van der Waals surface area contributed by atoms with Crippen molar-refractivity contribution in [2.45, 2.75) is 12.5 Å². The summed E-state index contributed by atoms with van der Waals surface area (Å²) in [6, 6.07) is 13.1. The molecule has 0 saturated heterocycles. The van der Waals surface area contributed by atoms with Gasteiger partial charge in [-0.2, -0.15) is 0 Å². The molecule has 21 heavy (non-hydrogen) atoms. The van der Waals surface area contributed by atoms with Crippen molar-refractivity contribution >= 4 is 11.6 Å². The van der Waals surface area contributed by atoms with Gasteiger partial charge in [0.15, 0.2) is 0 Å². The second kappa shape index (κ2) is 6.85. The van der Waals surface area contributed by atoms with E-state index < -0.39 is 17.8 Å². The molecule has 4 nitrogen and oxygen atoms in total. The number of halogens is 1. The predicted octanol–water partition coefficient (Wildman–Crippen LogP) is 1.74. The Labute approximate surface area is 122 Å². The first-order valence-electron chi connectivity index (χ1n) is 6.61. The molecule has 2 aromatic carbocycles. The standard InChI is InChI=1S/C16H17FN2O2/c17-14-8-4-7-13(15(14)18)16(21)19-12(10-20)9-11-5-2-1-3-6-11/h1-8,12,20H,9-10,18H2,(H,19,21)/t12-/m1/s1. The van der Waals surface area contributed by atoms with Crippen molar-refractivity contribution in [2.75, 3.05) is 12.3 Å². The van der Waals surface area contributed by atoms with E-state index in [2.05, 4.69) is 5.32 Å². The third-order valence-electron chi connectivity index (χ3n) is 3.18. The SMILES string of the molecule is Nc1c(F)cccc1C(=O)N[C@@H](CO)Cc1ccccc1. The minimum atomic E-state index is -0.633. The smallest absolute Gasteiger partial charge is 0.253 e. The number of rotatable bonds is 5. The molecule has 0 saturated carbocycles. The highest BCUT2D eigenvalue weighted by Gasteiger charge is 2.17. The summed E-state index contributed by atoms with van der Waals surface area (Å²) >= 11 is 0. The van der Waals surface area contributed by atoms with Crippen molar-refractivity contribution in [3.63, 3.8) is 0 Å². The van der Waals surface area contributed by atoms with E-state index in [1.165, 1.54) is 18.2 Å². The van der Waals surface area contributed by atoms with Crippen LogP contribution in [0.1, 0.15) is 15.9 Å². The van der Waals surface area contributed by atoms with Gasteiger partial charge in [0.25, 0.3) is 5.91 Å². The number of nitrogen functional groups attached to an aromatic ring is 1. The molecule has 0 aliphatic rings. The van der Waals surface area contributed by atoms with E-state index in [9.17, 15) is 14.3 Å². The lowest BCUT2D eigenvalue weighted by Crippen LogP contribution is -2.39. The molecule has 1 amide bonds. The highest BCUT2D eigenvalue weighted by Crippen LogP contribution is 2.16. The summed E-state index contributed by atoms with van der Waals surface area (Å²) in [5.74, 6) is -1.13. The van der Waals surface area contributed by atoms with E-state index in [4.69, 9.17) is 5.73 Å². The summed E-state index contributed by atoms with van der Waals surface area (Å²) in [5, 5.41) is 12.1. The van der Waals surface area contributed by atoms with Crippen LogP contribution in [0.2, 0.25) is 0 Å². The minimum absolute atomic E-state index is 0.0708. The Kier molecular flexibility index (Phi) is 4.90. The first-order chi connectivity index (χ1) is 10.1. The number of aliphatic hydroxyl groups is 1. The average Bonchev–Trinajstić information content (AvgIpc) is 2.50. The molecule has 5 heteroatoms. The molecule has 1 atom stereocenters. The maximum atomic E-state index is 13.4. The number of carbonyl (C=O) groups excluding carboxylic acids is 1. The number of hydrogen-bond acceptors (Lipinski definition) is 3. The molecule has 110 valence electrons. The Hall–Kier alpha value is -2.40. The van der Waals surface area contributed by atoms with E-state index in [1.54, 1.807) is 0 Å². The Bertz CT molecular complexity index is 617. The van der Waals surface area contributed by atoms with Gasteiger partial charge < -0.3 is 16.2 Å². The van der Waals surface area contributed by atoms with Crippen LogP contribution in [0.25, 0.3) is 0 Å². The van der Waals surface area contributed by atoms with Crippen molar-refractivity contribution in [3.05, 3.63) is 65.5 Å². The van der Waals surface area contributed by atoms with Crippen molar-refractivity contribution in [3.8, 4) is 0 Å². The molecule has 0 fully saturated rings. The highest BCUT2D eigenvalue weighted by molar-refractivity contribution is 5.99. The van der Waals surface area contributed by atoms with E-state index in [1.807, 2.05) is 30.3 Å².